The van der Waals surface area contributed by atoms with Gasteiger partial charge in [0.05, 0.1) is 5.56 Å². The lowest BCUT2D eigenvalue weighted by Crippen LogP contribution is -2.18. The highest BCUT2D eigenvalue weighted by Gasteiger charge is 2.19. The summed E-state index contributed by atoms with van der Waals surface area (Å²) in [5, 5.41) is 17.5. The predicted octanol–water partition coefficient (Wildman–Crippen LogP) is 2.27. The van der Waals surface area contributed by atoms with Crippen molar-refractivity contribution in [3.05, 3.63) is 23.8 Å². The zero-order valence-electron chi connectivity index (χ0n) is 10.5. The lowest BCUT2D eigenvalue weighted by atomic mass is 10.0. The zero-order chi connectivity index (χ0) is 13.2. The van der Waals surface area contributed by atoms with Gasteiger partial charge in [-0.25, -0.2) is 9.48 Å². The number of rotatable bonds is 3. The van der Waals surface area contributed by atoms with Gasteiger partial charge in [-0.1, -0.05) is 11.3 Å². The summed E-state index contributed by atoms with van der Waals surface area (Å²) in [7, 11) is 0. The molecule has 0 saturated carbocycles. The summed E-state index contributed by atoms with van der Waals surface area (Å²) >= 11 is 1.98. The minimum Gasteiger partial charge on any atom is -0.478 e. The van der Waals surface area contributed by atoms with Crippen LogP contribution >= 0.6 is 11.8 Å². The minimum atomic E-state index is -0.923. The second kappa shape index (κ2) is 5.21. The maximum atomic E-state index is 11.3. The summed E-state index contributed by atoms with van der Waals surface area (Å²) in [4.78, 5) is 11.3. The molecule has 0 unspecified atom stereocenters. The third kappa shape index (κ3) is 2.45. The number of fused-ring (bicyclic) bond motifs is 1. The molecule has 0 radical (unpaired) electrons. The fourth-order valence-corrected chi connectivity index (χ4v) is 3.71. The van der Waals surface area contributed by atoms with Gasteiger partial charge in [0, 0.05) is 6.54 Å². The Hall–Kier alpha value is -1.56. The zero-order valence-corrected chi connectivity index (χ0v) is 11.3. The van der Waals surface area contributed by atoms with Crippen LogP contribution in [0, 0.1) is 5.92 Å². The topological polar surface area (TPSA) is 68.0 Å². The molecule has 1 aromatic carbocycles. The molecule has 5 nitrogen and oxygen atoms in total. The first-order chi connectivity index (χ1) is 9.25. The third-order valence-corrected chi connectivity index (χ3v) is 4.58. The van der Waals surface area contributed by atoms with Crippen molar-refractivity contribution in [2.45, 2.75) is 19.4 Å². The van der Waals surface area contributed by atoms with E-state index in [0.717, 1.165) is 6.54 Å². The molecule has 2 aromatic rings. The summed E-state index contributed by atoms with van der Waals surface area (Å²) in [5.41, 5.74) is 1.59. The Labute approximate surface area is 115 Å². The molecule has 0 amide bonds. The number of benzene rings is 1. The molecule has 1 aromatic heterocycles. The van der Waals surface area contributed by atoms with E-state index in [2.05, 4.69) is 10.3 Å². The Morgan fingerprint density at radius 3 is 2.95 bits per heavy atom. The average Bonchev–Trinajstić information content (AvgIpc) is 2.83. The van der Waals surface area contributed by atoms with Gasteiger partial charge in [-0.05, 0) is 42.4 Å². The van der Waals surface area contributed by atoms with Gasteiger partial charge >= 0.3 is 5.97 Å². The average molecular weight is 277 g/mol. The molecule has 1 saturated heterocycles. The Balaban J connectivity index is 1.96. The number of thioether (sulfide) groups is 1. The van der Waals surface area contributed by atoms with Crippen molar-refractivity contribution in [2.75, 3.05) is 11.5 Å². The molecule has 1 fully saturated rings. The summed E-state index contributed by atoms with van der Waals surface area (Å²) in [6.07, 6.45) is 2.34. The lowest BCUT2D eigenvalue weighted by Gasteiger charge is -2.21. The molecule has 0 spiro atoms. The van der Waals surface area contributed by atoms with Crippen molar-refractivity contribution in [3.8, 4) is 0 Å². The van der Waals surface area contributed by atoms with E-state index in [0.29, 0.717) is 17.0 Å². The second-order valence-corrected chi connectivity index (χ2v) is 6.03. The van der Waals surface area contributed by atoms with Gasteiger partial charge < -0.3 is 5.11 Å². The third-order valence-electron chi connectivity index (χ3n) is 3.54. The molecule has 1 N–H and O–H groups in total. The van der Waals surface area contributed by atoms with Gasteiger partial charge in [0.2, 0.25) is 0 Å². The number of carboxylic acids is 1. The number of carbonyl (C=O) groups is 1. The fourth-order valence-electron chi connectivity index (χ4n) is 2.50. The van der Waals surface area contributed by atoms with E-state index in [1.54, 1.807) is 16.8 Å². The highest BCUT2D eigenvalue weighted by molar-refractivity contribution is 7.99. The van der Waals surface area contributed by atoms with E-state index < -0.39 is 5.97 Å². The van der Waals surface area contributed by atoms with E-state index in [-0.39, 0.29) is 5.56 Å². The molecule has 0 aliphatic carbocycles. The SMILES string of the molecule is O=C(O)c1cccc2nnn(CC3CCSCC3)c12. The van der Waals surface area contributed by atoms with Crippen LogP contribution in [0.15, 0.2) is 18.2 Å². The van der Waals surface area contributed by atoms with Crippen LogP contribution in [-0.4, -0.2) is 37.6 Å². The summed E-state index contributed by atoms with van der Waals surface area (Å²) in [6.45, 7) is 0.765. The van der Waals surface area contributed by atoms with Crippen LogP contribution in [0.3, 0.4) is 0 Å². The highest BCUT2D eigenvalue weighted by Crippen LogP contribution is 2.25. The first-order valence-electron chi connectivity index (χ1n) is 6.39. The van der Waals surface area contributed by atoms with Gasteiger partial charge in [0.25, 0.3) is 0 Å². The van der Waals surface area contributed by atoms with E-state index in [1.165, 1.54) is 24.3 Å². The van der Waals surface area contributed by atoms with Gasteiger partial charge in [-0.15, -0.1) is 5.10 Å². The molecule has 1 aliphatic rings. The van der Waals surface area contributed by atoms with Crippen molar-refractivity contribution < 1.29 is 9.90 Å². The van der Waals surface area contributed by atoms with Gasteiger partial charge in [-0.3, -0.25) is 0 Å². The number of aromatic carboxylic acids is 1. The molecule has 6 heteroatoms. The molecule has 19 heavy (non-hydrogen) atoms. The monoisotopic (exact) mass is 277 g/mol. The Morgan fingerprint density at radius 2 is 2.21 bits per heavy atom. The standard InChI is InChI=1S/C13H15N3O2S/c17-13(18)10-2-1-3-11-12(10)16(15-14-11)8-9-4-6-19-7-5-9/h1-3,9H,4-8H2,(H,17,18). The number of para-hydroxylation sites is 1. The van der Waals surface area contributed by atoms with Crippen molar-refractivity contribution >= 4 is 28.8 Å². The number of hydrogen-bond acceptors (Lipinski definition) is 4. The number of aromatic nitrogens is 3. The van der Waals surface area contributed by atoms with Crippen LogP contribution in [-0.2, 0) is 6.54 Å². The van der Waals surface area contributed by atoms with Crippen molar-refractivity contribution in [2.24, 2.45) is 5.92 Å². The maximum Gasteiger partial charge on any atom is 0.337 e. The van der Waals surface area contributed by atoms with Gasteiger partial charge in [0.15, 0.2) is 0 Å². The van der Waals surface area contributed by atoms with Crippen LogP contribution in [0.1, 0.15) is 23.2 Å². The van der Waals surface area contributed by atoms with Crippen molar-refractivity contribution in [3.63, 3.8) is 0 Å². The largest absolute Gasteiger partial charge is 0.478 e. The van der Waals surface area contributed by atoms with Crippen LogP contribution in [0.5, 0.6) is 0 Å². The smallest absolute Gasteiger partial charge is 0.337 e. The Bertz CT molecular complexity index is 605. The van der Waals surface area contributed by atoms with E-state index in [1.807, 2.05) is 17.8 Å². The van der Waals surface area contributed by atoms with E-state index in [9.17, 15) is 9.90 Å². The van der Waals surface area contributed by atoms with Crippen LogP contribution in [0.25, 0.3) is 11.0 Å². The number of hydrogen-bond donors (Lipinski definition) is 1. The number of nitrogens with zero attached hydrogens (tertiary/aromatic N) is 3. The maximum absolute atomic E-state index is 11.3. The molecule has 2 heterocycles. The van der Waals surface area contributed by atoms with Crippen LogP contribution in [0.4, 0.5) is 0 Å². The quantitative estimate of drug-likeness (QED) is 0.932. The summed E-state index contributed by atoms with van der Waals surface area (Å²) in [6, 6.07) is 5.13. The van der Waals surface area contributed by atoms with Crippen LogP contribution < -0.4 is 0 Å². The van der Waals surface area contributed by atoms with Gasteiger partial charge in [0.1, 0.15) is 11.0 Å². The van der Waals surface area contributed by atoms with E-state index in [4.69, 9.17) is 0 Å². The number of carboxylic acid groups (broad SMARTS) is 1. The Morgan fingerprint density at radius 1 is 1.42 bits per heavy atom. The first kappa shape index (κ1) is 12.5. The lowest BCUT2D eigenvalue weighted by molar-refractivity contribution is 0.0698. The molecular formula is C13H15N3O2S. The fraction of sp³-hybridized carbons (Fsp3) is 0.462. The van der Waals surface area contributed by atoms with Gasteiger partial charge in [-0.2, -0.15) is 11.8 Å². The highest BCUT2D eigenvalue weighted by atomic mass is 32.2. The normalized spacial score (nSPS) is 16.8. The summed E-state index contributed by atoms with van der Waals surface area (Å²) in [5.74, 6) is 2.02. The first-order valence-corrected chi connectivity index (χ1v) is 7.54. The molecule has 1 aliphatic heterocycles. The summed E-state index contributed by atoms with van der Waals surface area (Å²) < 4.78 is 1.76. The minimum absolute atomic E-state index is 0.285. The van der Waals surface area contributed by atoms with Crippen molar-refractivity contribution in [1.82, 2.24) is 15.0 Å². The molecule has 3 rings (SSSR count). The van der Waals surface area contributed by atoms with Crippen molar-refractivity contribution in [1.29, 1.82) is 0 Å². The molecule has 100 valence electrons. The predicted molar refractivity (Wildman–Crippen MR) is 74.5 cm³/mol. The Kier molecular flexibility index (Phi) is 3.42. The van der Waals surface area contributed by atoms with E-state index >= 15 is 0 Å². The second-order valence-electron chi connectivity index (χ2n) is 4.81. The molecule has 0 atom stereocenters. The van der Waals surface area contributed by atoms with Crippen LogP contribution in [0.2, 0.25) is 0 Å². The molecule has 0 bridgehead atoms. The molecular weight excluding hydrogens is 262 g/mol.